The minimum Gasteiger partial charge on any atom is -0.454 e. The molecule has 2 aliphatic rings. The van der Waals surface area contributed by atoms with E-state index in [2.05, 4.69) is 11.4 Å². The summed E-state index contributed by atoms with van der Waals surface area (Å²) in [7, 11) is 1.42. The topological polar surface area (TPSA) is 94.1 Å². The quantitative estimate of drug-likeness (QED) is 0.431. The molecule has 0 unspecified atom stereocenters. The fraction of sp³-hybridized carbons (Fsp3) is 0.310. The van der Waals surface area contributed by atoms with E-state index in [9.17, 15) is 14.7 Å². The number of aliphatic hydroxyl groups excluding tert-OH is 1. The average Bonchev–Trinajstić information content (AvgIpc) is 3.59. The second kappa shape index (κ2) is 9.76. The van der Waals surface area contributed by atoms with E-state index in [1.807, 2.05) is 49.4 Å². The first kappa shape index (κ1) is 24.0. The van der Waals surface area contributed by atoms with Crippen molar-refractivity contribution in [3.63, 3.8) is 0 Å². The summed E-state index contributed by atoms with van der Waals surface area (Å²) in [4.78, 5) is 25.8. The molecule has 1 amide bonds. The molecule has 2 N–H and O–H groups in total. The Bertz CT molecular complexity index is 1300. The van der Waals surface area contributed by atoms with Crippen LogP contribution in [-0.4, -0.2) is 43.5 Å². The number of hydrogen-bond donors (Lipinski definition) is 2. The zero-order valence-electron chi connectivity index (χ0n) is 20.4. The number of aliphatic hydroxyl groups is 1. The van der Waals surface area contributed by atoms with Crippen LogP contribution in [0.2, 0.25) is 0 Å². The Hall–Kier alpha value is -3.68. The highest BCUT2D eigenvalue weighted by molar-refractivity contribution is 5.96. The fourth-order valence-electron chi connectivity index (χ4n) is 4.70. The molecule has 1 aliphatic carbocycles. The largest absolute Gasteiger partial charge is 0.454 e. The van der Waals surface area contributed by atoms with E-state index in [4.69, 9.17) is 14.2 Å². The van der Waals surface area contributed by atoms with Gasteiger partial charge in [-0.2, -0.15) is 0 Å². The molecule has 1 fully saturated rings. The lowest BCUT2D eigenvalue weighted by atomic mass is 9.87. The number of ketones is 1. The van der Waals surface area contributed by atoms with Gasteiger partial charge in [-0.3, -0.25) is 9.59 Å². The summed E-state index contributed by atoms with van der Waals surface area (Å²) in [6.45, 7) is 1.94. The van der Waals surface area contributed by atoms with E-state index in [0.717, 1.165) is 46.4 Å². The van der Waals surface area contributed by atoms with Crippen LogP contribution < -0.4 is 14.8 Å². The summed E-state index contributed by atoms with van der Waals surface area (Å²) >= 11 is 0. The number of hydrogen-bond acceptors (Lipinski definition) is 6. The van der Waals surface area contributed by atoms with Gasteiger partial charge in [-0.15, -0.1) is 0 Å². The van der Waals surface area contributed by atoms with Gasteiger partial charge in [0.2, 0.25) is 6.79 Å². The van der Waals surface area contributed by atoms with E-state index in [1.165, 1.54) is 7.11 Å². The van der Waals surface area contributed by atoms with E-state index in [1.54, 1.807) is 12.1 Å². The van der Waals surface area contributed by atoms with Crippen molar-refractivity contribution in [1.82, 2.24) is 5.32 Å². The normalized spacial score (nSPS) is 15.9. The molecular weight excluding hydrogens is 458 g/mol. The predicted octanol–water partition coefficient (Wildman–Crippen LogP) is 4.42. The molecule has 0 aromatic heterocycles. The van der Waals surface area contributed by atoms with Crippen molar-refractivity contribution >= 4 is 11.7 Å². The molecule has 1 saturated carbocycles. The van der Waals surface area contributed by atoms with Crippen LogP contribution in [-0.2, 0) is 21.4 Å². The minimum absolute atomic E-state index is 0. The molecule has 5 rings (SSSR count). The van der Waals surface area contributed by atoms with Crippen LogP contribution in [0.4, 0.5) is 0 Å². The third kappa shape index (κ3) is 4.59. The molecular formula is C29H33NO6. The van der Waals surface area contributed by atoms with Crippen LogP contribution in [0.1, 0.15) is 42.7 Å². The summed E-state index contributed by atoms with van der Waals surface area (Å²) in [6.07, 6.45) is 1.28. The van der Waals surface area contributed by atoms with Gasteiger partial charge in [-0.05, 0) is 71.8 Å². The number of Topliss-reactive ketones (excluding diaryl/α,β-unsaturated/α-hetero) is 1. The van der Waals surface area contributed by atoms with Gasteiger partial charge >= 0.3 is 0 Å². The first-order valence-electron chi connectivity index (χ1n) is 12.0. The smallest absolute Gasteiger partial charge is 0.253 e. The van der Waals surface area contributed by atoms with Gasteiger partial charge in [-0.1, -0.05) is 36.4 Å². The number of fused-ring (bicyclic) bond motifs is 1. The number of aryl methyl sites for hydroxylation is 1. The van der Waals surface area contributed by atoms with Crippen molar-refractivity contribution < 1.29 is 31.8 Å². The number of ether oxygens (including phenoxy) is 3. The highest BCUT2D eigenvalue weighted by Crippen LogP contribution is 2.51. The summed E-state index contributed by atoms with van der Waals surface area (Å²) in [5.74, 6) is 1.31. The highest BCUT2D eigenvalue weighted by Gasteiger charge is 2.50. The van der Waals surface area contributed by atoms with E-state index in [0.29, 0.717) is 17.7 Å². The van der Waals surface area contributed by atoms with E-state index >= 15 is 0 Å². The second-order valence-electron chi connectivity index (χ2n) is 9.36. The third-order valence-corrected chi connectivity index (χ3v) is 7.08. The maximum Gasteiger partial charge on any atom is 0.253 e. The van der Waals surface area contributed by atoms with Crippen molar-refractivity contribution in [1.29, 1.82) is 0 Å². The molecule has 0 saturated heterocycles. The minimum atomic E-state index is -0.749. The van der Waals surface area contributed by atoms with Crippen molar-refractivity contribution in [3.8, 4) is 22.6 Å². The van der Waals surface area contributed by atoms with Crippen LogP contribution in [0.25, 0.3) is 11.1 Å². The number of benzene rings is 3. The molecule has 190 valence electrons. The maximum atomic E-state index is 13.4. The van der Waals surface area contributed by atoms with Crippen molar-refractivity contribution in [2.75, 3.05) is 20.5 Å². The first-order chi connectivity index (χ1) is 17.4. The lowest BCUT2D eigenvalue weighted by Crippen LogP contribution is -2.38. The van der Waals surface area contributed by atoms with Gasteiger partial charge in [0, 0.05) is 21.9 Å². The number of nitrogens with one attached hydrogen (secondary N) is 1. The van der Waals surface area contributed by atoms with Crippen molar-refractivity contribution in [3.05, 3.63) is 82.9 Å². The average molecular weight is 492 g/mol. The summed E-state index contributed by atoms with van der Waals surface area (Å²) in [5, 5.41) is 11.8. The van der Waals surface area contributed by atoms with Gasteiger partial charge in [-0.25, -0.2) is 0 Å². The predicted molar refractivity (Wildman–Crippen MR) is 138 cm³/mol. The van der Waals surface area contributed by atoms with Gasteiger partial charge in [0.05, 0.1) is 12.0 Å². The Morgan fingerprint density at radius 1 is 1.06 bits per heavy atom. The molecule has 7 nitrogen and oxygen atoms in total. The number of methoxy groups -OCH3 is 1. The van der Waals surface area contributed by atoms with Crippen LogP contribution in [0.3, 0.4) is 0 Å². The molecule has 3 aromatic carbocycles. The second-order valence-corrected chi connectivity index (χ2v) is 9.36. The lowest BCUT2D eigenvalue weighted by molar-refractivity contribution is -0.120. The molecule has 1 heterocycles. The summed E-state index contributed by atoms with van der Waals surface area (Å²) in [5.41, 5.74) is 5.04. The zero-order valence-corrected chi connectivity index (χ0v) is 20.4. The Labute approximate surface area is 213 Å². The van der Waals surface area contributed by atoms with Crippen LogP contribution in [0.15, 0.2) is 60.7 Å². The SMILES string of the molecule is CO[C@@H](CO)NC(=O)c1ccc(-c2cc(CC(=O)C3(c4ccc5c(c4)OCO5)CC3)ccc2C)cc1.[HH].[HH]. The van der Waals surface area contributed by atoms with Crippen molar-refractivity contribution in [2.24, 2.45) is 0 Å². The highest BCUT2D eigenvalue weighted by atomic mass is 16.7. The van der Waals surface area contributed by atoms with Gasteiger partial charge in [0.15, 0.2) is 17.7 Å². The molecule has 1 atom stereocenters. The fourth-order valence-corrected chi connectivity index (χ4v) is 4.70. The Kier molecular flexibility index (Phi) is 6.51. The molecule has 7 heteroatoms. The van der Waals surface area contributed by atoms with Gasteiger partial charge in [0.1, 0.15) is 5.78 Å². The monoisotopic (exact) mass is 491 g/mol. The van der Waals surface area contributed by atoms with Gasteiger partial charge < -0.3 is 24.6 Å². The first-order valence-corrected chi connectivity index (χ1v) is 12.0. The third-order valence-electron chi connectivity index (χ3n) is 7.08. The van der Waals surface area contributed by atoms with Gasteiger partial charge in [0.25, 0.3) is 5.91 Å². The lowest BCUT2D eigenvalue weighted by Gasteiger charge is -2.16. The summed E-state index contributed by atoms with van der Waals surface area (Å²) < 4.78 is 15.9. The summed E-state index contributed by atoms with van der Waals surface area (Å²) in [6, 6.07) is 19.2. The molecule has 1 aliphatic heterocycles. The molecule has 3 aromatic rings. The number of carbonyl (C=O) groups excluding carboxylic acids is 2. The molecule has 36 heavy (non-hydrogen) atoms. The van der Waals surface area contributed by atoms with Crippen LogP contribution >= 0.6 is 0 Å². The van der Waals surface area contributed by atoms with Crippen molar-refractivity contribution in [2.45, 2.75) is 37.8 Å². The van der Waals surface area contributed by atoms with E-state index < -0.39 is 11.6 Å². The Balaban J connectivity index is 0.00000200. The molecule has 0 bridgehead atoms. The van der Waals surface area contributed by atoms with E-state index in [-0.39, 0.29) is 27.9 Å². The standard InChI is InChI=1S/C29H29NO6.2H2/c1-18-3-4-19(13-23(18)20-5-7-21(8-6-20)28(33)30-27(16-31)34-2)14-26(32)29(11-12-29)22-9-10-24-25(15-22)36-17-35-24;;/h3-10,13,15,27,31H,11-12,14,16-17H2,1-2H3,(H,30,33);2*1H/t27-;;/m0../s1. The Morgan fingerprint density at radius 3 is 2.50 bits per heavy atom. The Morgan fingerprint density at radius 2 is 1.81 bits per heavy atom. The number of amides is 1. The maximum absolute atomic E-state index is 13.4. The molecule has 0 radical (unpaired) electrons. The molecule has 0 spiro atoms. The number of rotatable bonds is 9. The number of carbonyl (C=O) groups is 2. The van der Waals surface area contributed by atoms with Crippen LogP contribution in [0, 0.1) is 6.92 Å². The zero-order chi connectivity index (χ0) is 25.3. The van der Waals surface area contributed by atoms with Crippen LogP contribution in [0.5, 0.6) is 11.5 Å².